The van der Waals surface area contributed by atoms with Crippen molar-refractivity contribution in [1.82, 2.24) is 15.1 Å². The van der Waals surface area contributed by atoms with Gasteiger partial charge in [-0.25, -0.2) is 9.97 Å². The summed E-state index contributed by atoms with van der Waals surface area (Å²) in [7, 11) is 0. The maximum absolute atomic E-state index is 5.00. The standard InChI is InChI=1S/C13H17N5O/c1-9-6-13(18-19-9)17-12-7-11(14-8-15-12)16-10-4-2-3-5-10/h6-8,10H,2-5H2,1H3,(H2,14,15,16,17,18). The summed E-state index contributed by atoms with van der Waals surface area (Å²) in [6.07, 6.45) is 6.58. The highest BCUT2D eigenvalue weighted by Gasteiger charge is 2.15. The van der Waals surface area contributed by atoms with Gasteiger partial charge >= 0.3 is 0 Å². The van der Waals surface area contributed by atoms with Crippen molar-refractivity contribution in [1.29, 1.82) is 0 Å². The van der Waals surface area contributed by atoms with E-state index in [1.54, 1.807) is 6.33 Å². The Balaban J connectivity index is 1.68. The van der Waals surface area contributed by atoms with Gasteiger partial charge in [0.2, 0.25) is 0 Å². The van der Waals surface area contributed by atoms with E-state index in [0.717, 1.165) is 11.6 Å². The number of nitrogens with one attached hydrogen (secondary N) is 2. The largest absolute Gasteiger partial charge is 0.367 e. The molecule has 0 aliphatic heterocycles. The Morgan fingerprint density at radius 1 is 1.11 bits per heavy atom. The van der Waals surface area contributed by atoms with Gasteiger partial charge in [0.05, 0.1) is 0 Å². The molecule has 100 valence electrons. The summed E-state index contributed by atoms with van der Waals surface area (Å²) in [5.41, 5.74) is 0. The van der Waals surface area contributed by atoms with Crippen LogP contribution >= 0.6 is 0 Å². The molecule has 0 bridgehead atoms. The second-order valence-electron chi connectivity index (χ2n) is 4.86. The highest BCUT2D eigenvalue weighted by atomic mass is 16.5. The van der Waals surface area contributed by atoms with Gasteiger partial charge in [-0.15, -0.1) is 0 Å². The third-order valence-corrected chi connectivity index (χ3v) is 3.26. The summed E-state index contributed by atoms with van der Waals surface area (Å²) in [5, 5.41) is 10.4. The fourth-order valence-corrected chi connectivity index (χ4v) is 2.34. The second-order valence-corrected chi connectivity index (χ2v) is 4.86. The Morgan fingerprint density at radius 2 is 1.89 bits per heavy atom. The summed E-state index contributed by atoms with van der Waals surface area (Å²) < 4.78 is 5.00. The lowest BCUT2D eigenvalue weighted by Gasteiger charge is -2.12. The molecule has 1 aliphatic carbocycles. The summed E-state index contributed by atoms with van der Waals surface area (Å²) in [4.78, 5) is 8.42. The van der Waals surface area contributed by atoms with Crippen molar-refractivity contribution in [2.75, 3.05) is 10.6 Å². The van der Waals surface area contributed by atoms with Crippen molar-refractivity contribution in [2.45, 2.75) is 38.6 Å². The molecule has 6 heteroatoms. The first-order valence-electron chi connectivity index (χ1n) is 6.58. The van der Waals surface area contributed by atoms with E-state index in [9.17, 15) is 0 Å². The number of hydrogen-bond donors (Lipinski definition) is 2. The Labute approximate surface area is 111 Å². The van der Waals surface area contributed by atoms with Crippen molar-refractivity contribution < 1.29 is 4.52 Å². The zero-order valence-corrected chi connectivity index (χ0v) is 10.9. The summed E-state index contributed by atoms with van der Waals surface area (Å²) in [6.45, 7) is 1.85. The van der Waals surface area contributed by atoms with Crippen LogP contribution in [0.2, 0.25) is 0 Å². The summed E-state index contributed by atoms with van der Waals surface area (Å²) in [6, 6.07) is 4.26. The van der Waals surface area contributed by atoms with Gasteiger partial charge in [0.1, 0.15) is 23.7 Å². The molecular weight excluding hydrogens is 242 g/mol. The van der Waals surface area contributed by atoms with Crippen molar-refractivity contribution in [3.63, 3.8) is 0 Å². The molecule has 0 unspecified atom stereocenters. The van der Waals surface area contributed by atoms with Crippen LogP contribution in [0.25, 0.3) is 0 Å². The molecule has 0 atom stereocenters. The van der Waals surface area contributed by atoms with E-state index < -0.39 is 0 Å². The Bertz CT molecular complexity index is 547. The lowest BCUT2D eigenvalue weighted by molar-refractivity contribution is 0.400. The highest BCUT2D eigenvalue weighted by molar-refractivity contribution is 5.55. The lowest BCUT2D eigenvalue weighted by atomic mass is 10.2. The van der Waals surface area contributed by atoms with Gasteiger partial charge in [0.15, 0.2) is 5.82 Å². The second kappa shape index (κ2) is 5.26. The summed E-state index contributed by atoms with van der Waals surface area (Å²) >= 11 is 0. The van der Waals surface area contributed by atoms with Gasteiger partial charge in [0, 0.05) is 18.2 Å². The van der Waals surface area contributed by atoms with E-state index in [2.05, 4.69) is 25.8 Å². The smallest absolute Gasteiger partial charge is 0.175 e. The van der Waals surface area contributed by atoms with Gasteiger partial charge in [-0.3, -0.25) is 0 Å². The quantitative estimate of drug-likeness (QED) is 0.879. The third kappa shape index (κ3) is 3.01. The fraction of sp³-hybridized carbons (Fsp3) is 0.462. The molecule has 2 heterocycles. The maximum Gasteiger partial charge on any atom is 0.175 e. The van der Waals surface area contributed by atoms with Gasteiger partial charge in [0.25, 0.3) is 0 Å². The first-order chi connectivity index (χ1) is 9.29. The molecule has 0 saturated heterocycles. The lowest BCUT2D eigenvalue weighted by Crippen LogP contribution is -2.15. The van der Waals surface area contributed by atoms with Crippen molar-refractivity contribution in [3.05, 3.63) is 24.2 Å². The molecule has 3 rings (SSSR count). The minimum Gasteiger partial charge on any atom is -0.367 e. The molecular formula is C13H17N5O. The van der Waals surface area contributed by atoms with E-state index in [1.165, 1.54) is 25.7 Å². The van der Waals surface area contributed by atoms with E-state index >= 15 is 0 Å². The number of aromatic nitrogens is 3. The molecule has 1 aliphatic rings. The number of anilines is 3. The molecule has 2 N–H and O–H groups in total. The number of nitrogens with zero attached hydrogens (tertiary/aromatic N) is 3. The van der Waals surface area contributed by atoms with Crippen LogP contribution in [-0.2, 0) is 0 Å². The summed E-state index contributed by atoms with van der Waals surface area (Å²) in [5.74, 6) is 2.98. The van der Waals surface area contributed by atoms with Crippen LogP contribution in [0.3, 0.4) is 0 Å². The molecule has 2 aromatic heterocycles. The van der Waals surface area contributed by atoms with Crippen LogP contribution in [0.4, 0.5) is 17.5 Å². The minimum absolute atomic E-state index is 0.539. The van der Waals surface area contributed by atoms with Crippen LogP contribution in [0.5, 0.6) is 0 Å². The van der Waals surface area contributed by atoms with Gasteiger partial charge < -0.3 is 15.2 Å². The number of aryl methyl sites for hydroxylation is 1. The Kier molecular flexibility index (Phi) is 3.31. The van der Waals surface area contributed by atoms with E-state index in [-0.39, 0.29) is 0 Å². The molecule has 1 fully saturated rings. The van der Waals surface area contributed by atoms with E-state index in [1.807, 2.05) is 19.1 Å². The van der Waals surface area contributed by atoms with E-state index in [0.29, 0.717) is 17.7 Å². The third-order valence-electron chi connectivity index (χ3n) is 3.26. The first kappa shape index (κ1) is 12.0. The normalized spacial score (nSPS) is 15.6. The van der Waals surface area contributed by atoms with Crippen molar-refractivity contribution >= 4 is 17.5 Å². The van der Waals surface area contributed by atoms with Gasteiger partial charge in [-0.05, 0) is 19.8 Å². The van der Waals surface area contributed by atoms with Crippen LogP contribution in [0.15, 0.2) is 23.0 Å². The average Bonchev–Trinajstić information content (AvgIpc) is 3.02. The zero-order chi connectivity index (χ0) is 13.1. The minimum atomic E-state index is 0.539. The molecule has 0 aromatic carbocycles. The topological polar surface area (TPSA) is 75.9 Å². The molecule has 19 heavy (non-hydrogen) atoms. The molecule has 0 radical (unpaired) electrons. The number of rotatable bonds is 4. The molecule has 1 saturated carbocycles. The maximum atomic E-state index is 5.00. The van der Waals surface area contributed by atoms with Crippen LogP contribution in [-0.4, -0.2) is 21.2 Å². The molecule has 2 aromatic rings. The Hall–Kier alpha value is -2.11. The fourth-order valence-electron chi connectivity index (χ4n) is 2.34. The molecule has 0 spiro atoms. The first-order valence-corrected chi connectivity index (χ1v) is 6.58. The van der Waals surface area contributed by atoms with Gasteiger partial charge in [-0.2, -0.15) is 0 Å². The van der Waals surface area contributed by atoms with Gasteiger partial charge in [-0.1, -0.05) is 18.0 Å². The predicted molar refractivity (Wildman–Crippen MR) is 72.4 cm³/mol. The monoisotopic (exact) mass is 259 g/mol. The number of hydrogen-bond acceptors (Lipinski definition) is 6. The van der Waals surface area contributed by atoms with Crippen LogP contribution in [0.1, 0.15) is 31.4 Å². The molecule has 6 nitrogen and oxygen atoms in total. The SMILES string of the molecule is Cc1cc(Nc2cc(NC3CCCC3)ncn2)no1. The van der Waals surface area contributed by atoms with Crippen molar-refractivity contribution in [3.8, 4) is 0 Å². The van der Waals surface area contributed by atoms with Crippen LogP contribution in [0, 0.1) is 6.92 Å². The van der Waals surface area contributed by atoms with Crippen LogP contribution < -0.4 is 10.6 Å². The zero-order valence-electron chi connectivity index (χ0n) is 10.9. The molecule has 0 amide bonds. The average molecular weight is 259 g/mol. The van der Waals surface area contributed by atoms with Crippen molar-refractivity contribution in [2.24, 2.45) is 0 Å². The predicted octanol–water partition coefficient (Wildman–Crippen LogP) is 2.87. The Morgan fingerprint density at radius 3 is 2.63 bits per heavy atom. The highest BCUT2D eigenvalue weighted by Crippen LogP contribution is 2.22. The van der Waals surface area contributed by atoms with E-state index in [4.69, 9.17) is 4.52 Å².